The Morgan fingerprint density at radius 1 is 1.09 bits per heavy atom. The van der Waals surface area contributed by atoms with Crippen LogP contribution in [-0.4, -0.2) is 37.8 Å². The third kappa shape index (κ3) is 7.96. The molecule has 0 fully saturated rings. The molecule has 0 spiro atoms. The number of pyridine rings is 3. The van der Waals surface area contributed by atoms with Crippen LogP contribution in [-0.2, 0) is 6.61 Å². The minimum atomic E-state index is -0.849. The molecule has 3 rings (SSSR count). The first kappa shape index (κ1) is 29.4. The quantitative estimate of drug-likeness (QED) is 0.399. The Labute approximate surface area is 203 Å². The molecule has 0 aliphatic rings. The van der Waals surface area contributed by atoms with Crippen molar-refractivity contribution in [2.24, 2.45) is 0 Å². The van der Waals surface area contributed by atoms with E-state index in [4.69, 9.17) is 4.74 Å². The lowest BCUT2D eigenvalue weighted by Gasteiger charge is -2.16. The van der Waals surface area contributed by atoms with Crippen molar-refractivity contribution in [3.63, 3.8) is 0 Å². The summed E-state index contributed by atoms with van der Waals surface area (Å²) in [6, 6.07) is 4.86. The Morgan fingerprint density at radius 2 is 1.71 bits per heavy atom. The number of carbonyl (C=O) groups is 1. The minimum Gasteiger partial charge on any atom is -0.487 e. The van der Waals surface area contributed by atoms with Crippen molar-refractivity contribution in [3.8, 4) is 11.4 Å². The third-order valence-corrected chi connectivity index (χ3v) is 4.28. The van der Waals surface area contributed by atoms with Gasteiger partial charge in [-0.2, -0.15) is 0 Å². The summed E-state index contributed by atoms with van der Waals surface area (Å²) in [5.74, 6) is -2.20. The van der Waals surface area contributed by atoms with Gasteiger partial charge in [0.25, 0.3) is 11.5 Å². The Bertz CT molecular complexity index is 1200. The van der Waals surface area contributed by atoms with Crippen LogP contribution in [0.1, 0.15) is 61.6 Å². The molecule has 0 aliphatic carbocycles. The van der Waals surface area contributed by atoms with Crippen LogP contribution < -0.4 is 10.3 Å². The summed E-state index contributed by atoms with van der Waals surface area (Å²) in [7, 11) is 1.17. The van der Waals surface area contributed by atoms with E-state index in [0.717, 1.165) is 6.20 Å². The molecule has 8 nitrogen and oxygen atoms in total. The summed E-state index contributed by atoms with van der Waals surface area (Å²) in [6.45, 7) is 11.3. The second-order valence-corrected chi connectivity index (χ2v) is 7.27. The first-order chi connectivity index (χ1) is 16.6. The number of aromatic nitrogens is 3. The van der Waals surface area contributed by atoms with Crippen molar-refractivity contribution < 1.29 is 23.5 Å². The molecule has 0 saturated heterocycles. The minimum absolute atomic E-state index is 0.0370. The predicted molar refractivity (Wildman–Crippen MR) is 129 cm³/mol. The molecule has 1 N–H and O–H groups in total. The molecule has 0 aromatic carbocycles. The van der Waals surface area contributed by atoms with Crippen molar-refractivity contribution in [3.05, 3.63) is 81.3 Å². The maximum absolute atomic E-state index is 13.7. The number of rotatable bonds is 5. The van der Waals surface area contributed by atoms with Crippen LogP contribution in [0.15, 0.2) is 41.5 Å². The van der Waals surface area contributed by atoms with E-state index in [9.17, 15) is 23.6 Å². The first-order valence-corrected chi connectivity index (χ1v) is 11.2. The first-order valence-electron chi connectivity index (χ1n) is 11.2. The normalized spacial score (nSPS) is 9.89. The van der Waals surface area contributed by atoms with E-state index in [1.54, 1.807) is 19.9 Å². The molecule has 0 radical (unpaired) electrons. The lowest BCUT2D eigenvalue weighted by Crippen LogP contribution is -2.25. The van der Waals surface area contributed by atoms with Gasteiger partial charge < -0.3 is 4.74 Å². The molecule has 0 aliphatic heterocycles. The van der Waals surface area contributed by atoms with Gasteiger partial charge in [-0.25, -0.2) is 13.8 Å². The van der Waals surface area contributed by atoms with Gasteiger partial charge in [0.2, 0.25) is 0 Å². The fourth-order valence-corrected chi connectivity index (χ4v) is 2.80. The highest BCUT2D eigenvalue weighted by Gasteiger charge is 2.16. The second-order valence-electron chi connectivity index (χ2n) is 7.27. The summed E-state index contributed by atoms with van der Waals surface area (Å²) >= 11 is 0. The number of amides is 1. The van der Waals surface area contributed by atoms with Crippen molar-refractivity contribution in [1.82, 2.24) is 19.6 Å². The zero-order valence-electron chi connectivity index (χ0n) is 21.1. The number of hydroxylamine groups is 2. The zero-order chi connectivity index (χ0) is 26.7. The largest absolute Gasteiger partial charge is 0.487 e. The number of hydrogen-bond donors (Lipinski definition) is 1. The van der Waals surface area contributed by atoms with Gasteiger partial charge in [0.05, 0.1) is 11.9 Å². The van der Waals surface area contributed by atoms with E-state index >= 15 is 0 Å². The lowest BCUT2D eigenvalue weighted by molar-refractivity contribution is -0.0379. The van der Waals surface area contributed by atoms with E-state index in [0.29, 0.717) is 28.1 Å². The fraction of sp³-hybridized carbons (Fsp3) is 0.360. The van der Waals surface area contributed by atoms with E-state index in [1.165, 1.54) is 36.4 Å². The van der Waals surface area contributed by atoms with Crippen molar-refractivity contribution in [2.45, 2.75) is 54.6 Å². The molecule has 35 heavy (non-hydrogen) atoms. The average molecular weight is 491 g/mol. The van der Waals surface area contributed by atoms with Crippen LogP contribution in [0.25, 0.3) is 5.69 Å². The predicted octanol–water partition coefficient (Wildman–Crippen LogP) is 5.01. The molecule has 1 amide bonds. The Kier molecular flexibility index (Phi) is 11.7. The van der Waals surface area contributed by atoms with Crippen LogP contribution in [0.2, 0.25) is 0 Å². The Hall–Kier alpha value is -3.66. The van der Waals surface area contributed by atoms with Crippen LogP contribution in [0, 0.1) is 25.5 Å². The van der Waals surface area contributed by atoms with Gasteiger partial charge in [0.1, 0.15) is 29.6 Å². The molecule has 3 aromatic rings. The van der Waals surface area contributed by atoms with Gasteiger partial charge in [-0.15, -0.1) is 0 Å². The zero-order valence-corrected chi connectivity index (χ0v) is 21.1. The molecular weight excluding hydrogens is 458 g/mol. The summed E-state index contributed by atoms with van der Waals surface area (Å²) in [4.78, 5) is 32.3. The van der Waals surface area contributed by atoms with Crippen molar-refractivity contribution >= 4 is 5.91 Å². The number of carbonyl (C=O) groups excluding carboxylic acids is 1. The van der Waals surface area contributed by atoms with Crippen LogP contribution in [0.4, 0.5) is 8.78 Å². The van der Waals surface area contributed by atoms with Crippen LogP contribution >= 0.6 is 0 Å². The SMILES string of the molecule is CC.CCC.Cc1cnc(C(=O)N(C)O)cc1-n1c(C)cc(OCc2ncc(F)cc2F)cc1=O. The van der Waals surface area contributed by atoms with Gasteiger partial charge in [0, 0.05) is 37.1 Å². The highest BCUT2D eigenvalue weighted by atomic mass is 19.1. The smallest absolute Gasteiger partial charge is 0.295 e. The monoisotopic (exact) mass is 490 g/mol. The topological polar surface area (TPSA) is 97.6 Å². The van der Waals surface area contributed by atoms with Gasteiger partial charge in [-0.1, -0.05) is 34.1 Å². The van der Waals surface area contributed by atoms with Crippen LogP contribution in [0.3, 0.4) is 0 Å². The summed E-state index contributed by atoms with van der Waals surface area (Å²) in [5.41, 5.74) is 0.932. The van der Waals surface area contributed by atoms with Gasteiger partial charge in [-0.05, 0) is 25.5 Å². The number of hydrogen-bond acceptors (Lipinski definition) is 6. The highest BCUT2D eigenvalue weighted by molar-refractivity contribution is 5.91. The molecule has 3 heterocycles. The average Bonchev–Trinajstić information content (AvgIpc) is 2.80. The maximum Gasteiger partial charge on any atom is 0.295 e. The van der Waals surface area contributed by atoms with Crippen molar-refractivity contribution in [2.75, 3.05) is 7.05 Å². The standard InChI is InChI=1S/C20H18F2N4O4.C3H8.C2H6/c1-11-8-23-16(20(28)25(3)29)7-18(11)26-12(2)4-14(6-19(26)27)30-10-17-15(22)5-13(21)9-24-17;1-3-2;1-2/h4-9,29H,10H2,1-3H3;3H2,1-2H3;1-2H3. The third-order valence-electron chi connectivity index (χ3n) is 4.28. The van der Waals surface area contributed by atoms with Crippen LogP contribution in [0.5, 0.6) is 5.75 Å². The number of nitrogens with zero attached hydrogens (tertiary/aromatic N) is 4. The molecule has 0 bridgehead atoms. The molecule has 190 valence electrons. The summed E-state index contributed by atoms with van der Waals surface area (Å²) in [6.07, 6.45) is 3.55. The number of halogens is 2. The fourth-order valence-electron chi connectivity index (χ4n) is 2.80. The number of aryl methyl sites for hydroxylation is 2. The van der Waals surface area contributed by atoms with Gasteiger partial charge >= 0.3 is 0 Å². The highest BCUT2D eigenvalue weighted by Crippen LogP contribution is 2.19. The Balaban J connectivity index is 0.00000114. The molecule has 0 unspecified atom stereocenters. The van der Waals surface area contributed by atoms with E-state index < -0.39 is 23.1 Å². The van der Waals surface area contributed by atoms with E-state index in [-0.39, 0.29) is 23.7 Å². The van der Waals surface area contributed by atoms with E-state index in [2.05, 4.69) is 23.8 Å². The summed E-state index contributed by atoms with van der Waals surface area (Å²) in [5, 5.41) is 9.74. The second kappa shape index (κ2) is 13.9. The molecule has 0 atom stereocenters. The van der Waals surface area contributed by atoms with Crippen molar-refractivity contribution in [1.29, 1.82) is 0 Å². The van der Waals surface area contributed by atoms with Gasteiger partial charge in [-0.3, -0.25) is 29.3 Å². The Morgan fingerprint density at radius 3 is 2.26 bits per heavy atom. The van der Waals surface area contributed by atoms with E-state index in [1.807, 2.05) is 13.8 Å². The summed E-state index contributed by atoms with van der Waals surface area (Å²) < 4.78 is 33.4. The van der Waals surface area contributed by atoms with Gasteiger partial charge in [0.15, 0.2) is 5.82 Å². The molecule has 10 heteroatoms. The number of ether oxygens (including phenoxy) is 1. The molecular formula is C25H32F2N4O4. The molecule has 0 saturated carbocycles. The maximum atomic E-state index is 13.7. The lowest BCUT2D eigenvalue weighted by atomic mass is 10.2. The molecule has 3 aromatic heterocycles.